The SMILES string of the molecule is CC(N)(Cc1cccc(F)c1)CC1CCCO1. The Kier molecular flexibility index (Phi) is 3.79. The van der Waals surface area contributed by atoms with Gasteiger partial charge in [0.1, 0.15) is 5.82 Å². The Morgan fingerprint density at radius 1 is 1.53 bits per heavy atom. The number of ether oxygens (including phenoxy) is 1. The molecule has 0 amide bonds. The first-order chi connectivity index (χ1) is 8.05. The normalized spacial score (nSPS) is 23.6. The number of hydrogen-bond donors (Lipinski definition) is 1. The van der Waals surface area contributed by atoms with E-state index < -0.39 is 0 Å². The summed E-state index contributed by atoms with van der Waals surface area (Å²) in [6, 6.07) is 6.66. The van der Waals surface area contributed by atoms with Crippen LogP contribution >= 0.6 is 0 Å². The number of benzene rings is 1. The molecule has 0 bridgehead atoms. The number of halogens is 1. The maximum absolute atomic E-state index is 13.1. The van der Waals surface area contributed by atoms with Gasteiger partial charge in [0.25, 0.3) is 0 Å². The summed E-state index contributed by atoms with van der Waals surface area (Å²) >= 11 is 0. The van der Waals surface area contributed by atoms with Gasteiger partial charge in [-0.05, 0) is 50.3 Å². The van der Waals surface area contributed by atoms with Crippen LogP contribution in [-0.4, -0.2) is 18.2 Å². The van der Waals surface area contributed by atoms with E-state index in [1.54, 1.807) is 12.1 Å². The summed E-state index contributed by atoms with van der Waals surface area (Å²) in [6.07, 6.45) is 4.02. The summed E-state index contributed by atoms with van der Waals surface area (Å²) in [6.45, 7) is 2.86. The molecule has 2 unspecified atom stereocenters. The van der Waals surface area contributed by atoms with Crippen molar-refractivity contribution in [3.8, 4) is 0 Å². The highest BCUT2D eigenvalue weighted by atomic mass is 19.1. The first-order valence-corrected chi connectivity index (χ1v) is 6.20. The Bertz CT molecular complexity index is 372. The summed E-state index contributed by atoms with van der Waals surface area (Å²) in [5, 5.41) is 0. The number of hydrogen-bond acceptors (Lipinski definition) is 2. The van der Waals surface area contributed by atoms with Gasteiger partial charge < -0.3 is 10.5 Å². The Labute approximate surface area is 102 Å². The van der Waals surface area contributed by atoms with E-state index in [2.05, 4.69) is 0 Å². The minimum absolute atomic E-state index is 0.199. The second-order valence-electron chi connectivity index (χ2n) is 5.30. The third kappa shape index (κ3) is 3.79. The van der Waals surface area contributed by atoms with Crippen LogP contribution in [0.2, 0.25) is 0 Å². The minimum atomic E-state index is -0.331. The zero-order valence-corrected chi connectivity index (χ0v) is 10.3. The fourth-order valence-corrected chi connectivity index (χ4v) is 2.51. The van der Waals surface area contributed by atoms with Crippen molar-refractivity contribution < 1.29 is 9.13 Å². The molecule has 1 aromatic rings. The molecule has 1 aliphatic heterocycles. The third-order valence-corrected chi connectivity index (χ3v) is 3.21. The van der Waals surface area contributed by atoms with Crippen LogP contribution in [0.15, 0.2) is 24.3 Å². The zero-order valence-electron chi connectivity index (χ0n) is 10.3. The van der Waals surface area contributed by atoms with E-state index in [0.29, 0.717) is 6.42 Å². The van der Waals surface area contributed by atoms with Crippen molar-refractivity contribution in [2.75, 3.05) is 6.61 Å². The van der Waals surface area contributed by atoms with Gasteiger partial charge in [-0.25, -0.2) is 4.39 Å². The smallest absolute Gasteiger partial charge is 0.123 e. The van der Waals surface area contributed by atoms with Crippen LogP contribution in [0.4, 0.5) is 4.39 Å². The maximum Gasteiger partial charge on any atom is 0.123 e. The average Bonchev–Trinajstić information content (AvgIpc) is 2.68. The highest BCUT2D eigenvalue weighted by Gasteiger charge is 2.27. The van der Waals surface area contributed by atoms with Gasteiger partial charge in [-0.2, -0.15) is 0 Å². The van der Waals surface area contributed by atoms with Gasteiger partial charge in [-0.1, -0.05) is 12.1 Å². The lowest BCUT2D eigenvalue weighted by atomic mass is 9.87. The topological polar surface area (TPSA) is 35.2 Å². The standard InChI is InChI=1S/C14H20FNO/c1-14(16,10-13-6-3-7-17-13)9-11-4-2-5-12(15)8-11/h2,4-5,8,13H,3,6-7,9-10,16H2,1H3. The van der Waals surface area contributed by atoms with Crippen LogP contribution in [0, 0.1) is 5.82 Å². The van der Waals surface area contributed by atoms with Gasteiger partial charge in [-0.3, -0.25) is 0 Å². The molecule has 0 aliphatic carbocycles. The highest BCUT2D eigenvalue weighted by molar-refractivity contribution is 5.18. The van der Waals surface area contributed by atoms with Gasteiger partial charge in [0, 0.05) is 12.1 Å². The molecule has 3 heteroatoms. The first kappa shape index (κ1) is 12.5. The van der Waals surface area contributed by atoms with Gasteiger partial charge in [0.15, 0.2) is 0 Å². The van der Waals surface area contributed by atoms with E-state index >= 15 is 0 Å². The molecular formula is C14H20FNO. The molecule has 2 nitrogen and oxygen atoms in total. The van der Waals surface area contributed by atoms with E-state index in [1.165, 1.54) is 6.07 Å². The molecule has 17 heavy (non-hydrogen) atoms. The quantitative estimate of drug-likeness (QED) is 0.873. The van der Waals surface area contributed by atoms with Crippen molar-refractivity contribution in [3.63, 3.8) is 0 Å². The molecule has 1 heterocycles. The molecule has 0 radical (unpaired) electrons. The molecule has 2 rings (SSSR count). The van der Waals surface area contributed by atoms with Crippen molar-refractivity contribution in [2.45, 2.75) is 44.2 Å². The molecule has 0 spiro atoms. The molecule has 0 aromatic heterocycles. The van der Waals surface area contributed by atoms with Crippen molar-refractivity contribution in [3.05, 3.63) is 35.6 Å². The molecule has 2 N–H and O–H groups in total. The van der Waals surface area contributed by atoms with E-state index in [1.807, 2.05) is 13.0 Å². The summed E-state index contributed by atoms with van der Waals surface area (Å²) < 4.78 is 18.7. The van der Waals surface area contributed by atoms with Crippen LogP contribution in [0.3, 0.4) is 0 Å². The monoisotopic (exact) mass is 237 g/mol. The second-order valence-corrected chi connectivity index (χ2v) is 5.30. The van der Waals surface area contributed by atoms with Gasteiger partial charge in [0.2, 0.25) is 0 Å². The molecule has 1 fully saturated rings. The number of nitrogens with two attached hydrogens (primary N) is 1. The minimum Gasteiger partial charge on any atom is -0.378 e. The van der Waals surface area contributed by atoms with Crippen molar-refractivity contribution in [1.82, 2.24) is 0 Å². The Morgan fingerprint density at radius 3 is 3.00 bits per heavy atom. The van der Waals surface area contributed by atoms with Crippen LogP contribution in [0.1, 0.15) is 31.7 Å². The summed E-state index contributed by atoms with van der Waals surface area (Å²) in [5.41, 5.74) is 6.90. The largest absolute Gasteiger partial charge is 0.378 e. The van der Waals surface area contributed by atoms with Crippen LogP contribution in [-0.2, 0) is 11.2 Å². The van der Waals surface area contributed by atoms with E-state index in [-0.39, 0.29) is 17.5 Å². The lowest BCUT2D eigenvalue weighted by Gasteiger charge is -2.27. The van der Waals surface area contributed by atoms with E-state index in [4.69, 9.17) is 10.5 Å². The van der Waals surface area contributed by atoms with Crippen molar-refractivity contribution in [2.24, 2.45) is 5.73 Å². The average molecular weight is 237 g/mol. The Morgan fingerprint density at radius 2 is 2.35 bits per heavy atom. The molecular weight excluding hydrogens is 217 g/mol. The molecule has 0 saturated carbocycles. The van der Waals surface area contributed by atoms with Crippen LogP contribution in [0.25, 0.3) is 0 Å². The van der Waals surface area contributed by atoms with Gasteiger partial charge >= 0.3 is 0 Å². The van der Waals surface area contributed by atoms with E-state index in [9.17, 15) is 4.39 Å². The molecule has 1 saturated heterocycles. The Balaban J connectivity index is 1.95. The van der Waals surface area contributed by atoms with E-state index in [0.717, 1.165) is 31.4 Å². The van der Waals surface area contributed by atoms with Gasteiger partial charge in [0.05, 0.1) is 6.10 Å². The van der Waals surface area contributed by atoms with Crippen molar-refractivity contribution >= 4 is 0 Å². The zero-order chi connectivity index (χ0) is 12.3. The van der Waals surface area contributed by atoms with Crippen LogP contribution in [0.5, 0.6) is 0 Å². The second kappa shape index (κ2) is 5.15. The molecule has 1 aromatic carbocycles. The fraction of sp³-hybridized carbons (Fsp3) is 0.571. The van der Waals surface area contributed by atoms with Crippen molar-refractivity contribution in [1.29, 1.82) is 0 Å². The predicted molar refractivity (Wildman–Crippen MR) is 66.3 cm³/mol. The lowest BCUT2D eigenvalue weighted by Crippen LogP contribution is -2.41. The summed E-state index contributed by atoms with van der Waals surface area (Å²) in [7, 11) is 0. The van der Waals surface area contributed by atoms with Gasteiger partial charge in [-0.15, -0.1) is 0 Å². The fourth-order valence-electron chi connectivity index (χ4n) is 2.51. The number of rotatable bonds is 4. The predicted octanol–water partition coefficient (Wildman–Crippen LogP) is 2.65. The summed E-state index contributed by atoms with van der Waals surface area (Å²) in [4.78, 5) is 0. The lowest BCUT2D eigenvalue weighted by molar-refractivity contribution is 0.0859. The first-order valence-electron chi connectivity index (χ1n) is 6.20. The Hall–Kier alpha value is -0.930. The highest BCUT2D eigenvalue weighted by Crippen LogP contribution is 2.23. The molecule has 1 aliphatic rings. The molecule has 94 valence electrons. The maximum atomic E-state index is 13.1. The molecule has 2 atom stereocenters. The van der Waals surface area contributed by atoms with Crippen LogP contribution < -0.4 is 5.73 Å². The summed E-state index contributed by atoms with van der Waals surface area (Å²) in [5.74, 6) is -0.199. The third-order valence-electron chi connectivity index (χ3n) is 3.21.